The molecule has 1 atom stereocenters. The Morgan fingerprint density at radius 2 is 2.03 bits per heavy atom. The lowest BCUT2D eigenvalue weighted by molar-refractivity contribution is 0.0950. The number of amides is 1. The molecule has 2 aromatic rings. The summed E-state index contributed by atoms with van der Waals surface area (Å²) in [5.41, 5.74) is 1.99. The van der Waals surface area contributed by atoms with Crippen molar-refractivity contribution in [3.05, 3.63) is 63.6 Å². The van der Waals surface area contributed by atoms with E-state index in [1.54, 1.807) is 11.7 Å². The van der Waals surface area contributed by atoms with Crippen molar-refractivity contribution >= 4 is 18.3 Å². The van der Waals surface area contributed by atoms with Crippen molar-refractivity contribution in [3.8, 4) is 5.75 Å². The standard InChI is InChI=1S/C23H31N3O3.ClH/c1-17-11-14-26(16-19-6-3-12-24-15-19)23(28)21(17)22(27)25-13-4-5-18-7-9-20(29-2)10-8-18;/h7-11,14,19,24H,3-6,12-13,15-16H2,1-2H3,(H,25,27);1H. The second kappa shape index (κ2) is 11.8. The Kier molecular flexibility index (Phi) is 9.40. The molecule has 1 aromatic heterocycles. The normalized spacial score (nSPS) is 15.9. The van der Waals surface area contributed by atoms with Gasteiger partial charge in [0.2, 0.25) is 0 Å². The molecular formula is C23H32ClN3O3. The van der Waals surface area contributed by atoms with Crippen molar-refractivity contribution in [1.29, 1.82) is 0 Å². The van der Waals surface area contributed by atoms with E-state index in [2.05, 4.69) is 10.6 Å². The lowest BCUT2D eigenvalue weighted by Gasteiger charge is -2.23. The molecule has 164 valence electrons. The molecular weight excluding hydrogens is 402 g/mol. The van der Waals surface area contributed by atoms with E-state index < -0.39 is 0 Å². The van der Waals surface area contributed by atoms with E-state index in [0.29, 0.717) is 19.0 Å². The minimum absolute atomic E-state index is 0. The summed E-state index contributed by atoms with van der Waals surface area (Å²) in [5, 5.41) is 6.29. The Morgan fingerprint density at radius 1 is 1.27 bits per heavy atom. The number of carbonyl (C=O) groups is 1. The number of halogens is 1. The van der Waals surface area contributed by atoms with Gasteiger partial charge in [0.05, 0.1) is 7.11 Å². The van der Waals surface area contributed by atoms with Crippen LogP contribution < -0.4 is 20.9 Å². The van der Waals surface area contributed by atoms with Crippen molar-refractivity contribution in [2.75, 3.05) is 26.7 Å². The maximum absolute atomic E-state index is 12.9. The van der Waals surface area contributed by atoms with Crippen LogP contribution in [0.1, 0.15) is 40.7 Å². The summed E-state index contributed by atoms with van der Waals surface area (Å²) in [6, 6.07) is 9.79. The number of aryl methyl sites for hydroxylation is 2. The summed E-state index contributed by atoms with van der Waals surface area (Å²) in [7, 11) is 1.65. The monoisotopic (exact) mass is 433 g/mol. The fourth-order valence-electron chi connectivity index (χ4n) is 3.82. The lowest BCUT2D eigenvalue weighted by atomic mass is 9.99. The molecule has 1 unspecified atom stereocenters. The second-order valence-corrected chi connectivity index (χ2v) is 7.75. The van der Waals surface area contributed by atoms with Crippen LogP contribution >= 0.6 is 12.4 Å². The largest absolute Gasteiger partial charge is 0.497 e. The fraction of sp³-hybridized carbons (Fsp3) is 0.478. The van der Waals surface area contributed by atoms with Crippen molar-refractivity contribution < 1.29 is 9.53 Å². The molecule has 1 aliphatic heterocycles. The van der Waals surface area contributed by atoms with Gasteiger partial charge in [-0.25, -0.2) is 0 Å². The van der Waals surface area contributed by atoms with Crippen LogP contribution in [0.3, 0.4) is 0 Å². The van der Waals surface area contributed by atoms with Gasteiger partial charge < -0.3 is 19.9 Å². The van der Waals surface area contributed by atoms with Gasteiger partial charge in [-0.3, -0.25) is 9.59 Å². The number of aromatic nitrogens is 1. The number of nitrogens with one attached hydrogen (secondary N) is 2. The third kappa shape index (κ3) is 6.34. The van der Waals surface area contributed by atoms with E-state index in [9.17, 15) is 9.59 Å². The average Bonchev–Trinajstić information content (AvgIpc) is 2.74. The van der Waals surface area contributed by atoms with Crippen molar-refractivity contribution in [2.24, 2.45) is 5.92 Å². The lowest BCUT2D eigenvalue weighted by Crippen LogP contribution is -2.38. The zero-order valence-electron chi connectivity index (χ0n) is 17.8. The van der Waals surface area contributed by atoms with E-state index in [4.69, 9.17) is 4.74 Å². The first kappa shape index (κ1) is 24.0. The van der Waals surface area contributed by atoms with Gasteiger partial charge in [-0.1, -0.05) is 12.1 Å². The Bertz CT molecular complexity index is 874. The molecule has 0 aliphatic carbocycles. The fourth-order valence-corrected chi connectivity index (χ4v) is 3.82. The molecule has 0 saturated carbocycles. The number of nitrogens with zero attached hydrogens (tertiary/aromatic N) is 1. The minimum atomic E-state index is -0.279. The maximum atomic E-state index is 12.9. The molecule has 0 bridgehead atoms. The van der Waals surface area contributed by atoms with Crippen LogP contribution in [0.4, 0.5) is 0 Å². The van der Waals surface area contributed by atoms with Crippen LogP contribution in [0, 0.1) is 12.8 Å². The number of benzene rings is 1. The summed E-state index contributed by atoms with van der Waals surface area (Å²) >= 11 is 0. The Morgan fingerprint density at radius 3 is 2.70 bits per heavy atom. The zero-order valence-corrected chi connectivity index (χ0v) is 18.6. The van der Waals surface area contributed by atoms with Gasteiger partial charge in [-0.15, -0.1) is 12.4 Å². The number of piperidine rings is 1. The second-order valence-electron chi connectivity index (χ2n) is 7.75. The maximum Gasteiger partial charge on any atom is 0.263 e. The van der Waals surface area contributed by atoms with Gasteiger partial charge in [-0.05, 0) is 80.9 Å². The highest BCUT2D eigenvalue weighted by atomic mass is 35.5. The highest BCUT2D eigenvalue weighted by Gasteiger charge is 2.18. The molecule has 2 heterocycles. The van der Waals surface area contributed by atoms with Crippen LogP contribution in [0.5, 0.6) is 5.75 Å². The Hall–Kier alpha value is -2.31. The predicted molar refractivity (Wildman–Crippen MR) is 122 cm³/mol. The number of methoxy groups -OCH3 is 1. The van der Waals surface area contributed by atoms with Crippen LogP contribution in [0.2, 0.25) is 0 Å². The van der Waals surface area contributed by atoms with Gasteiger partial charge in [-0.2, -0.15) is 0 Å². The summed E-state index contributed by atoms with van der Waals surface area (Å²) in [5.74, 6) is 0.991. The van der Waals surface area contributed by atoms with Gasteiger partial charge in [0.15, 0.2) is 0 Å². The molecule has 1 fully saturated rings. The Balaban J connectivity index is 0.00000320. The van der Waals surface area contributed by atoms with Crippen LogP contribution in [-0.4, -0.2) is 37.2 Å². The van der Waals surface area contributed by atoms with Crippen molar-refractivity contribution in [1.82, 2.24) is 15.2 Å². The quantitative estimate of drug-likeness (QED) is 0.628. The van der Waals surface area contributed by atoms with Gasteiger partial charge in [0.1, 0.15) is 11.3 Å². The molecule has 1 aromatic carbocycles. The summed E-state index contributed by atoms with van der Waals surface area (Å²) in [6.45, 7) is 4.98. The molecule has 2 N–H and O–H groups in total. The molecule has 30 heavy (non-hydrogen) atoms. The zero-order chi connectivity index (χ0) is 20.6. The molecule has 1 saturated heterocycles. The van der Waals surface area contributed by atoms with Gasteiger partial charge in [0, 0.05) is 19.3 Å². The first-order chi connectivity index (χ1) is 14.1. The highest BCUT2D eigenvalue weighted by molar-refractivity contribution is 5.95. The summed E-state index contributed by atoms with van der Waals surface area (Å²) in [4.78, 5) is 25.6. The topological polar surface area (TPSA) is 72.4 Å². The number of pyridine rings is 1. The third-order valence-corrected chi connectivity index (χ3v) is 5.54. The van der Waals surface area contributed by atoms with Gasteiger partial charge in [0.25, 0.3) is 11.5 Å². The van der Waals surface area contributed by atoms with E-state index in [1.807, 2.05) is 43.5 Å². The molecule has 6 nitrogen and oxygen atoms in total. The molecule has 1 aliphatic rings. The smallest absolute Gasteiger partial charge is 0.263 e. The Labute approximate surface area is 184 Å². The number of hydrogen-bond donors (Lipinski definition) is 2. The van der Waals surface area contributed by atoms with E-state index in [-0.39, 0.29) is 29.4 Å². The highest BCUT2D eigenvalue weighted by Crippen LogP contribution is 2.13. The van der Waals surface area contributed by atoms with Gasteiger partial charge >= 0.3 is 0 Å². The summed E-state index contributed by atoms with van der Waals surface area (Å²) in [6.07, 6.45) is 5.72. The SMILES string of the molecule is COc1ccc(CCCNC(=O)c2c(C)ccn(CC3CCCNC3)c2=O)cc1.Cl. The number of rotatable bonds is 8. The molecule has 3 rings (SSSR count). The molecule has 0 radical (unpaired) electrons. The van der Waals surface area contributed by atoms with Crippen LogP contribution in [0.25, 0.3) is 0 Å². The number of carbonyl (C=O) groups excluding carboxylic acids is 1. The molecule has 1 amide bonds. The number of hydrogen-bond acceptors (Lipinski definition) is 4. The van der Waals surface area contributed by atoms with Crippen LogP contribution in [0.15, 0.2) is 41.3 Å². The number of ether oxygens (including phenoxy) is 1. The van der Waals surface area contributed by atoms with Crippen molar-refractivity contribution in [3.63, 3.8) is 0 Å². The molecule has 0 spiro atoms. The van der Waals surface area contributed by atoms with E-state index >= 15 is 0 Å². The third-order valence-electron chi connectivity index (χ3n) is 5.54. The predicted octanol–water partition coefficient (Wildman–Crippen LogP) is 2.95. The first-order valence-corrected chi connectivity index (χ1v) is 10.4. The first-order valence-electron chi connectivity index (χ1n) is 10.4. The average molecular weight is 434 g/mol. The van der Waals surface area contributed by atoms with Crippen LogP contribution in [-0.2, 0) is 13.0 Å². The van der Waals surface area contributed by atoms with E-state index in [0.717, 1.165) is 50.1 Å². The summed E-state index contributed by atoms with van der Waals surface area (Å²) < 4.78 is 6.85. The minimum Gasteiger partial charge on any atom is -0.497 e. The van der Waals surface area contributed by atoms with E-state index in [1.165, 1.54) is 5.56 Å². The van der Waals surface area contributed by atoms with Crippen molar-refractivity contribution in [2.45, 2.75) is 39.2 Å². The molecule has 7 heteroatoms.